The second-order valence-corrected chi connectivity index (χ2v) is 10.8. The van der Waals surface area contributed by atoms with E-state index < -0.39 is 12.7 Å². The van der Waals surface area contributed by atoms with Crippen molar-refractivity contribution < 1.29 is 18.0 Å². The zero-order chi connectivity index (χ0) is 27.6. The van der Waals surface area contributed by atoms with Crippen molar-refractivity contribution in [3.8, 4) is 0 Å². The van der Waals surface area contributed by atoms with E-state index in [0.29, 0.717) is 35.0 Å². The average molecular weight is 551 g/mol. The van der Waals surface area contributed by atoms with E-state index in [1.165, 1.54) is 18.1 Å². The maximum absolute atomic E-state index is 13.4. The number of H-pyrrole nitrogens is 1. The van der Waals surface area contributed by atoms with E-state index in [1.54, 1.807) is 6.20 Å². The number of aryl methyl sites for hydroxylation is 1. The van der Waals surface area contributed by atoms with Crippen LogP contribution in [0.2, 0.25) is 0 Å². The fourth-order valence-corrected chi connectivity index (χ4v) is 6.23. The molecule has 1 atom stereocenters. The van der Waals surface area contributed by atoms with Crippen molar-refractivity contribution in [2.24, 2.45) is 5.92 Å². The summed E-state index contributed by atoms with van der Waals surface area (Å²) >= 11 is 1.45. The number of halogens is 3. The van der Waals surface area contributed by atoms with Gasteiger partial charge < -0.3 is 20.2 Å². The Morgan fingerprint density at radius 3 is 2.63 bits per heavy atom. The minimum atomic E-state index is -4.22. The minimum Gasteiger partial charge on any atom is -0.348 e. The summed E-state index contributed by atoms with van der Waals surface area (Å²) in [6, 6.07) is 1.72. The zero-order valence-electron chi connectivity index (χ0n) is 21.9. The van der Waals surface area contributed by atoms with Crippen LogP contribution in [0.3, 0.4) is 0 Å². The van der Waals surface area contributed by atoms with E-state index in [0.717, 1.165) is 29.1 Å². The first-order valence-electron chi connectivity index (χ1n) is 12.7. The molecule has 1 fully saturated rings. The summed E-state index contributed by atoms with van der Waals surface area (Å²) in [6.07, 6.45) is 3.61. The Bertz CT molecular complexity index is 1360. The summed E-state index contributed by atoms with van der Waals surface area (Å²) in [4.78, 5) is 38.2. The predicted molar refractivity (Wildman–Crippen MR) is 142 cm³/mol. The minimum absolute atomic E-state index is 0.0134. The number of amides is 1. The van der Waals surface area contributed by atoms with Crippen molar-refractivity contribution in [1.29, 1.82) is 0 Å². The van der Waals surface area contributed by atoms with E-state index in [9.17, 15) is 22.8 Å². The first-order chi connectivity index (χ1) is 18.0. The van der Waals surface area contributed by atoms with Crippen LogP contribution in [0.15, 0.2) is 28.3 Å². The summed E-state index contributed by atoms with van der Waals surface area (Å²) in [5.41, 5.74) is 2.87. The second-order valence-electron chi connectivity index (χ2n) is 9.95. The molecule has 1 saturated carbocycles. The van der Waals surface area contributed by atoms with Gasteiger partial charge in [-0.25, -0.2) is 9.97 Å². The van der Waals surface area contributed by atoms with Crippen LogP contribution in [-0.2, 0) is 6.54 Å². The molecule has 4 rings (SSSR count). The molecule has 3 aromatic rings. The molecule has 0 aromatic carbocycles. The molecule has 0 radical (unpaired) electrons. The summed E-state index contributed by atoms with van der Waals surface area (Å²) < 4.78 is 39.8. The van der Waals surface area contributed by atoms with Gasteiger partial charge in [-0.05, 0) is 64.7 Å². The number of hydrogen-bond donors (Lipinski definition) is 3. The molecule has 1 amide bonds. The van der Waals surface area contributed by atoms with E-state index in [4.69, 9.17) is 0 Å². The highest BCUT2D eigenvalue weighted by Gasteiger charge is 2.33. The topological polar surface area (TPSA) is 105 Å². The lowest BCUT2D eigenvalue weighted by molar-refractivity contribution is -0.126. The van der Waals surface area contributed by atoms with Gasteiger partial charge in [0.2, 0.25) is 0 Å². The van der Waals surface area contributed by atoms with Gasteiger partial charge in [0.1, 0.15) is 12.0 Å². The number of nitrogens with zero attached hydrogens (tertiary/aromatic N) is 3. The van der Waals surface area contributed by atoms with Crippen LogP contribution in [0, 0.1) is 19.8 Å². The third-order valence-corrected chi connectivity index (χ3v) is 8.27. The van der Waals surface area contributed by atoms with Crippen molar-refractivity contribution in [2.45, 2.75) is 76.2 Å². The standard InChI is InChI=1S/C26H33F3N6O2S/c1-14-9-21(38-4)19(24(36)34-14)11-31-25(37)22-16(3)35(23-20(22)10-30-13-33-23)15(2)17-5-7-18(8-6-17)32-12-26(27,28)29/h9-10,13,15,17-18,32H,5-8,11-12H2,1-4H3,(H,31,37)(H,34,36)/t15-,17?,18?/m1/s1. The van der Waals surface area contributed by atoms with Gasteiger partial charge in [0.05, 0.1) is 17.5 Å². The van der Waals surface area contributed by atoms with Crippen LogP contribution in [0.25, 0.3) is 11.0 Å². The highest BCUT2D eigenvalue weighted by atomic mass is 32.2. The van der Waals surface area contributed by atoms with Crippen LogP contribution in [0.1, 0.15) is 66.0 Å². The Hall–Kier alpha value is -2.86. The molecule has 0 bridgehead atoms. The largest absolute Gasteiger partial charge is 0.401 e. The van der Waals surface area contributed by atoms with Crippen molar-refractivity contribution in [3.63, 3.8) is 0 Å². The van der Waals surface area contributed by atoms with Crippen molar-refractivity contribution >= 4 is 28.7 Å². The van der Waals surface area contributed by atoms with Crippen LogP contribution < -0.4 is 16.2 Å². The molecular weight excluding hydrogens is 517 g/mol. The van der Waals surface area contributed by atoms with E-state index in [2.05, 4.69) is 32.5 Å². The van der Waals surface area contributed by atoms with E-state index >= 15 is 0 Å². The van der Waals surface area contributed by atoms with Gasteiger partial charge in [-0.15, -0.1) is 11.8 Å². The molecular formula is C26H33F3N6O2S. The summed E-state index contributed by atoms with van der Waals surface area (Å²) in [6.45, 7) is 4.86. The molecule has 1 aliphatic rings. The summed E-state index contributed by atoms with van der Waals surface area (Å²) in [5, 5.41) is 6.16. The third-order valence-electron chi connectivity index (χ3n) is 7.47. The van der Waals surface area contributed by atoms with Gasteiger partial charge in [-0.1, -0.05) is 0 Å². The van der Waals surface area contributed by atoms with Gasteiger partial charge >= 0.3 is 6.18 Å². The van der Waals surface area contributed by atoms with Gasteiger partial charge in [0.15, 0.2) is 0 Å². The summed E-state index contributed by atoms with van der Waals surface area (Å²) in [7, 11) is 0. The smallest absolute Gasteiger partial charge is 0.348 e. The van der Waals surface area contributed by atoms with Crippen molar-refractivity contribution in [2.75, 3.05) is 12.8 Å². The lowest BCUT2D eigenvalue weighted by Gasteiger charge is -2.34. The predicted octanol–water partition coefficient (Wildman–Crippen LogP) is 4.66. The molecule has 0 aliphatic heterocycles. The molecule has 0 unspecified atom stereocenters. The van der Waals surface area contributed by atoms with Gasteiger partial charge in [-0.2, -0.15) is 13.2 Å². The molecule has 8 nitrogen and oxygen atoms in total. The number of hydrogen-bond acceptors (Lipinski definition) is 6. The van der Waals surface area contributed by atoms with Gasteiger partial charge in [-0.3, -0.25) is 9.59 Å². The van der Waals surface area contributed by atoms with Gasteiger partial charge in [0.25, 0.3) is 11.5 Å². The Kier molecular flexibility index (Phi) is 8.51. The number of alkyl halides is 3. The Morgan fingerprint density at radius 1 is 1.26 bits per heavy atom. The maximum atomic E-state index is 13.4. The van der Waals surface area contributed by atoms with Crippen LogP contribution in [0.4, 0.5) is 13.2 Å². The Morgan fingerprint density at radius 2 is 1.97 bits per heavy atom. The number of rotatable bonds is 8. The molecule has 206 valence electrons. The zero-order valence-corrected chi connectivity index (χ0v) is 22.7. The number of carbonyl (C=O) groups excluding carboxylic acids is 1. The summed E-state index contributed by atoms with van der Waals surface area (Å²) in [5.74, 6) is -0.0882. The van der Waals surface area contributed by atoms with Crippen LogP contribution >= 0.6 is 11.8 Å². The van der Waals surface area contributed by atoms with Crippen molar-refractivity contribution in [3.05, 3.63) is 51.5 Å². The van der Waals surface area contributed by atoms with Gasteiger partial charge in [0, 0.05) is 46.7 Å². The number of thioether (sulfide) groups is 1. The van der Waals surface area contributed by atoms with E-state index in [-0.39, 0.29) is 36.0 Å². The fourth-order valence-electron chi connectivity index (χ4n) is 5.52. The normalized spacial score (nSPS) is 19.0. The molecule has 0 saturated heterocycles. The molecule has 38 heavy (non-hydrogen) atoms. The number of aromatic amines is 1. The lowest BCUT2D eigenvalue weighted by Crippen LogP contribution is -2.40. The highest BCUT2D eigenvalue weighted by Crippen LogP contribution is 2.37. The molecule has 12 heteroatoms. The SMILES string of the molecule is CSc1cc(C)[nH]c(=O)c1CNC(=O)c1c(C)n([C@H](C)C2CCC(NCC(F)(F)F)CC2)c2ncncc12. The number of carbonyl (C=O) groups is 1. The molecule has 3 N–H and O–H groups in total. The van der Waals surface area contributed by atoms with Crippen LogP contribution in [0.5, 0.6) is 0 Å². The molecule has 0 spiro atoms. The highest BCUT2D eigenvalue weighted by molar-refractivity contribution is 7.98. The quantitative estimate of drug-likeness (QED) is 0.353. The third kappa shape index (κ3) is 6.06. The lowest BCUT2D eigenvalue weighted by atomic mass is 9.82. The van der Waals surface area contributed by atoms with E-state index in [1.807, 2.05) is 30.7 Å². The Balaban J connectivity index is 1.54. The number of fused-ring (bicyclic) bond motifs is 1. The fraction of sp³-hybridized carbons (Fsp3) is 0.538. The Labute approximate surface area is 223 Å². The molecule has 3 heterocycles. The molecule has 3 aromatic heterocycles. The number of aromatic nitrogens is 4. The van der Waals surface area contributed by atoms with Crippen molar-refractivity contribution in [1.82, 2.24) is 30.2 Å². The molecule has 1 aliphatic carbocycles. The monoisotopic (exact) mass is 550 g/mol. The first-order valence-corrected chi connectivity index (χ1v) is 13.9. The number of nitrogens with one attached hydrogen (secondary N) is 3. The first kappa shape index (κ1) is 28.2. The average Bonchev–Trinajstić information content (AvgIpc) is 3.17. The maximum Gasteiger partial charge on any atom is 0.401 e. The number of pyridine rings is 1. The second kappa shape index (κ2) is 11.5. The van der Waals surface area contributed by atoms with Crippen LogP contribution in [-0.4, -0.2) is 50.4 Å².